The van der Waals surface area contributed by atoms with E-state index in [4.69, 9.17) is 8.83 Å². The number of rotatable bonds is 4. The number of benzene rings is 12. The van der Waals surface area contributed by atoms with Gasteiger partial charge in [0.15, 0.2) is 0 Å². The van der Waals surface area contributed by atoms with E-state index in [1.807, 2.05) is 0 Å². The standard InChI is InChI=1S/C77H54O2/c1-75(2)63-41-61-65(76(3,4)67-37-57(49-23-13-15-25-53(49)71(61)67)45-31-33-51-55-29-17-27-47(43-19-9-7-10-20-43)73(55)78-69(51)35-45)39-59(63)60-40-66-62(42-64(60)75)72-54-26-16-14-24-50(54)58(38-68(72)77(66,5)6)46-32-34-52-56-30-18-28-48(44-21-11-8-12-22-44)74(56)79-70(52)36-46/h7-42H,1-6H3. The van der Waals surface area contributed by atoms with Crippen LogP contribution in [0.3, 0.4) is 0 Å². The molecule has 17 rings (SSSR count). The summed E-state index contributed by atoms with van der Waals surface area (Å²) in [6.07, 6.45) is 0. The number of hydrogen-bond donors (Lipinski definition) is 0. The Hall–Kier alpha value is -9.24. The quantitative estimate of drug-likeness (QED) is 0.176. The predicted molar refractivity (Wildman–Crippen MR) is 330 cm³/mol. The summed E-state index contributed by atoms with van der Waals surface area (Å²) in [5.74, 6) is 0. The lowest BCUT2D eigenvalue weighted by molar-refractivity contribution is 0.649. The molecule has 0 atom stereocenters. The van der Waals surface area contributed by atoms with Crippen molar-refractivity contribution >= 4 is 65.4 Å². The Morgan fingerprint density at radius 2 is 0.570 bits per heavy atom. The van der Waals surface area contributed by atoms with Gasteiger partial charge in [0.2, 0.25) is 0 Å². The maximum Gasteiger partial charge on any atom is 0.143 e. The first kappa shape index (κ1) is 44.8. The van der Waals surface area contributed by atoms with E-state index in [2.05, 4.69) is 260 Å². The summed E-state index contributed by atoms with van der Waals surface area (Å²) in [7, 11) is 0. The molecule has 14 aromatic rings. The van der Waals surface area contributed by atoms with Crippen molar-refractivity contribution in [3.8, 4) is 77.9 Å². The number of hydrogen-bond acceptors (Lipinski definition) is 2. The zero-order chi connectivity index (χ0) is 52.8. The molecular formula is C77H54O2. The third-order valence-corrected chi connectivity index (χ3v) is 19.1. The Morgan fingerprint density at radius 1 is 0.228 bits per heavy atom. The fraction of sp³-hybridized carbons (Fsp3) is 0.117. The lowest BCUT2D eigenvalue weighted by Gasteiger charge is -2.25. The Balaban J connectivity index is 0.785. The fourth-order valence-corrected chi connectivity index (χ4v) is 15.0. The van der Waals surface area contributed by atoms with Gasteiger partial charge in [-0.05, 0) is 182 Å². The molecule has 2 aromatic heterocycles. The Bertz CT molecular complexity index is 4700. The second-order valence-corrected chi connectivity index (χ2v) is 24.3. The summed E-state index contributed by atoms with van der Waals surface area (Å²) in [5, 5.41) is 9.67. The average molecular weight is 1010 g/mol. The van der Waals surface area contributed by atoms with Crippen LogP contribution in [-0.4, -0.2) is 0 Å². The molecule has 0 unspecified atom stereocenters. The maximum atomic E-state index is 6.82. The molecule has 2 heteroatoms. The van der Waals surface area contributed by atoms with E-state index in [1.54, 1.807) is 0 Å². The van der Waals surface area contributed by atoms with Gasteiger partial charge >= 0.3 is 0 Å². The largest absolute Gasteiger partial charge is 0.455 e. The lowest BCUT2D eigenvalue weighted by atomic mass is 9.78. The fourth-order valence-electron chi connectivity index (χ4n) is 15.0. The van der Waals surface area contributed by atoms with Crippen molar-refractivity contribution in [1.29, 1.82) is 0 Å². The lowest BCUT2D eigenvalue weighted by Crippen LogP contribution is -2.17. The molecule has 0 N–H and O–H groups in total. The zero-order valence-corrected chi connectivity index (χ0v) is 45.1. The molecule has 2 heterocycles. The van der Waals surface area contributed by atoms with Gasteiger partial charge in [-0.15, -0.1) is 0 Å². The van der Waals surface area contributed by atoms with Gasteiger partial charge < -0.3 is 8.83 Å². The van der Waals surface area contributed by atoms with Crippen molar-refractivity contribution in [3.63, 3.8) is 0 Å². The molecule has 0 radical (unpaired) electrons. The second kappa shape index (κ2) is 15.5. The Kier molecular flexibility index (Phi) is 8.79. The molecule has 0 aliphatic heterocycles. The van der Waals surface area contributed by atoms with Crippen molar-refractivity contribution < 1.29 is 8.83 Å². The van der Waals surface area contributed by atoms with Crippen LogP contribution in [0.1, 0.15) is 74.9 Å². The van der Waals surface area contributed by atoms with Crippen LogP contribution in [0.15, 0.2) is 227 Å². The summed E-state index contributed by atoms with van der Waals surface area (Å²) >= 11 is 0. The molecule has 0 fully saturated rings. The molecular weight excluding hydrogens is 957 g/mol. The molecule has 0 saturated carbocycles. The van der Waals surface area contributed by atoms with Crippen LogP contribution in [-0.2, 0) is 16.2 Å². The van der Waals surface area contributed by atoms with Crippen LogP contribution in [0.25, 0.3) is 143 Å². The van der Waals surface area contributed by atoms with Gasteiger partial charge in [0, 0.05) is 48.9 Å². The molecule has 374 valence electrons. The third-order valence-electron chi connectivity index (χ3n) is 19.1. The van der Waals surface area contributed by atoms with E-state index < -0.39 is 0 Å². The molecule has 0 bridgehead atoms. The summed E-state index contributed by atoms with van der Waals surface area (Å²) in [4.78, 5) is 0. The van der Waals surface area contributed by atoms with Crippen LogP contribution >= 0.6 is 0 Å². The highest BCUT2D eigenvalue weighted by Gasteiger charge is 2.46. The van der Waals surface area contributed by atoms with Crippen molar-refractivity contribution in [3.05, 3.63) is 252 Å². The minimum Gasteiger partial charge on any atom is -0.455 e. The molecule has 3 aliphatic carbocycles. The van der Waals surface area contributed by atoms with Gasteiger partial charge in [0.1, 0.15) is 22.3 Å². The van der Waals surface area contributed by atoms with E-state index in [1.165, 1.54) is 111 Å². The molecule has 2 nitrogen and oxygen atoms in total. The first-order chi connectivity index (χ1) is 38.4. The van der Waals surface area contributed by atoms with Crippen molar-refractivity contribution in [2.24, 2.45) is 0 Å². The molecule has 0 spiro atoms. The van der Waals surface area contributed by atoms with E-state index in [9.17, 15) is 0 Å². The van der Waals surface area contributed by atoms with Gasteiger partial charge in [0.25, 0.3) is 0 Å². The highest BCUT2D eigenvalue weighted by atomic mass is 16.3. The topological polar surface area (TPSA) is 26.3 Å². The SMILES string of the molecule is CC1(C)c2cc3c(cc2-c2cc4c(cc21)-c1c(cc(-c2ccc5c(c2)oc2c(-c6ccccc6)cccc25)c2ccccc12)C4(C)C)C(C)(C)c1cc(-c2ccc4c(c2)oc2c(-c5ccccc5)cccc24)c2ccccc2c1-3. The summed E-state index contributed by atoms with van der Waals surface area (Å²) < 4.78 is 13.6. The van der Waals surface area contributed by atoms with E-state index in [-0.39, 0.29) is 16.2 Å². The van der Waals surface area contributed by atoms with Crippen LogP contribution in [0.5, 0.6) is 0 Å². The number of para-hydroxylation sites is 2. The average Bonchev–Trinajstić information content (AvgIpc) is 4.21. The van der Waals surface area contributed by atoms with Crippen molar-refractivity contribution in [2.45, 2.75) is 57.8 Å². The van der Waals surface area contributed by atoms with Gasteiger partial charge in [-0.25, -0.2) is 0 Å². The molecule has 79 heavy (non-hydrogen) atoms. The van der Waals surface area contributed by atoms with Gasteiger partial charge in [-0.2, -0.15) is 0 Å². The molecule has 12 aromatic carbocycles. The Morgan fingerprint density at radius 3 is 1.00 bits per heavy atom. The van der Waals surface area contributed by atoms with Crippen molar-refractivity contribution in [1.82, 2.24) is 0 Å². The van der Waals surface area contributed by atoms with E-state index in [0.29, 0.717) is 0 Å². The van der Waals surface area contributed by atoms with Gasteiger partial charge in [0.05, 0.1) is 0 Å². The molecule has 3 aliphatic rings. The Labute approximate surface area is 459 Å². The highest BCUT2D eigenvalue weighted by Crippen LogP contribution is 2.62. The number of furan rings is 2. The van der Waals surface area contributed by atoms with Crippen LogP contribution in [0.4, 0.5) is 0 Å². The normalized spacial score (nSPS) is 15.0. The second-order valence-electron chi connectivity index (χ2n) is 24.3. The van der Waals surface area contributed by atoms with E-state index in [0.717, 1.165) is 66.1 Å². The van der Waals surface area contributed by atoms with Gasteiger partial charge in [-0.3, -0.25) is 0 Å². The monoisotopic (exact) mass is 1010 g/mol. The van der Waals surface area contributed by atoms with E-state index >= 15 is 0 Å². The molecule has 0 saturated heterocycles. The molecule has 0 amide bonds. The van der Waals surface area contributed by atoms with Crippen molar-refractivity contribution in [2.75, 3.05) is 0 Å². The van der Waals surface area contributed by atoms with Gasteiger partial charge in [-0.1, -0.05) is 199 Å². The smallest absolute Gasteiger partial charge is 0.143 e. The highest BCUT2D eigenvalue weighted by molar-refractivity contribution is 6.15. The number of fused-ring (bicyclic) bond motifs is 19. The zero-order valence-electron chi connectivity index (χ0n) is 45.1. The first-order valence-electron chi connectivity index (χ1n) is 28.0. The maximum absolute atomic E-state index is 6.82. The predicted octanol–water partition coefficient (Wildman–Crippen LogP) is 21.4. The minimum atomic E-state index is -0.253. The summed E-state index contributed by atoms with van der Waals surface area (Å²) in [6.45, 7) is 14.7. The minimum absolute atomic E-state index is 0.231. The summed E-state index contributed by atoms with van der Waals surface area (Å²) in [6, 6.07) is 81.3. The first-order valence-corrected chi connectivity index (χ1v) is 28.0. The van der Waals surface area contributed by atoms with Crippen LogP contribution in [0, 0.1) is 0 Å². The summed E-state index contributed by atoms with van der Waals surface area (Å²) in [5.41, 5.74) is 28.8. The van der Waals surface area contributed by atoms with Crippen LogP contribution in [0.2, 0.25) is 0 Å². The van der Waals surface area contributed by atoms with Crippen LogP contribution < -0.4 is 0 Å². The third kappa shape index (κ3) is 5.96.